The molecule has 0 aromatic heterocycles. The Labute approximate surface area is 145 Å². The van der Waals surface area contributed by atoms with E-state index in [4.69, 9.17) is 4.74 Å². The quantitative estimate of drug-likeness (QED) is 0.802. The van der Waals surface area contributed by atoms with Crippen molar-refractivity contribution in [2.24, 2.45) is 11.3 Å². The molecule has 0 aliphatic carbocycles. The van der Waals surface area contributed by atoms with E-state index < -0.39 is 5.41 Å². The van der Waals surface area contributed by atoms with Gasteiger partial charge in [-0.3, -0.25) is 4.79 Å². The molecule has 0 radical (unpaired) electrons. The van der Waals surface area contributed by atoms with Crippen LogP contribution in [0.3, 0.4) is 0 Å². The average molecular weight is 341 g/mol. The summed E-state index contributed by atoms with van der Waals surface area (Å²) in [5.41, 5.74) is 0.632. The Morgan fingerprint density at radius 3 is 2.78 bits per heavy atom. The van der Waals surface area contributed by atoms with E-state index in [1.54, 1.807) is 7.11 Å². The zero-order chi connectivity index (χ0) is 16.0. The van der Waals surface area contributed by atoms with Gasteiger partial charge in [0.15, 0.2) is 0 Å². The van der Waals surface area contributed by atoms with Crippen molar-refractivity contribution in [2.75, 3.05) is 26.7 Å². The number of para-hydroxylation sites is 1. The fourth-order valence-electron chi connectivity index (χ4n) is 3.00. The van der Waals surface area contributed by atoms with Gasteiger partial charge in [0.1, 0.15) is 5.75 Å². The van der Waals surface area contributed by atoms with Crippen molar-refractivity contribution in [1.29, 1.82) is 0 Å². The molecule has 130 valence electrons. The minimum atomic E-state index is -0.442. The molecule has 1 fully saturated rings. The molecule has 0 spiro atoms. The molecule has 5 heteroatoms. The molecule has 1 amide bonds. The van der Waals surface area contributed by atoms with Crippen molar-refractivity contribution in [2.45, 2.75) is 33.1 Å². The third-order valence-electron chi connectivity index (χ3n) is 4.44. The number of hydrogen-bond acceptors (Lipinski definition) is 3. The van der Waals surface area contributed by atoms with Gasteiger partial charge in [-0.1, -0.05) is 32.0 Å². The fraction of sp³-hybridized carbons (Fsp3) is 0.611. The second-order valence-electron chi connectivity index (χ2n) is 6.78. The topological polar surface area (TPSA) is 50.4 Å². The summed E-state index contributed by atoms with van der Waals surface area (Å²) < 4.78 is 5.38. The van der Waals surface area contributed by atoms with Gasteiger partial charge in [-0.25, -0.2) is 0 Å². The smallest absolute Gasteiger partial charge is 0.225 e. The first-order chi connectivity index (χ1) is 10.5. The Bertz CT molecular complexity index is 500. The molecule has 1 aromatic rings. The van der Waals surface area contributed by atoms with Gasteiger partial charge in [0.05, 0.1) is 7.11 Å². The summed E-state index contributed by atoms with van der Waals surface area (Å²) >= 11 is 0. The number of carbonyl (C=O) groups excluding carboxylic acids is 1. The number of ether oxygens (including phenoxy) is 1. The van der Waals surface area contributed by atoms with Crippen molar-refractivity contribution in [1.82, 2.24) is 10.6 Å². The van der Waals surface area contributed by atoms with Gasteiger partial charge in [0.2, 0.25) is 5.91 Å². The zero-order valence-electron chi connectivity index (χ0n) is 14.4. The molecule has 1 heterocycles. The molecule has 23 heavy (non-hydrogen) atoms. The Morgan fingerprint density at radius 1 is 1.39 bits per heavy atom. The standard InChI is InChI=1S/C18H28N2O2.ClH/c1-18(2,12-15-6-4-5-7-16(15)22-3)17(21)20-11-9-14-8-10-19-13-14;/h4-7,14,19H,8-13H2,1-3H3,(H,20,21);1H. The molecule has 1 aliphatic rings. The number of benzene rings is 1. The molecule has 1 aliphatic heterocycles. The second-order valence-corrected chi connectivity index (χ2v) is 6.78. The van der Waals surface area contributed by atoms with Crippen molar-refractivity contribution in [3.05, 3.63) is 29.8 Å². The number of halogens is 1. The van der Waals surface area contributed by atoms with Crippen LogP contribution in [0.2, 0.25) is 0 Å². The van der Waals surface area contributed by atoms with E-state index in [0.29, 0.717) is 12.3 Å². The summed E-state index contributed by atoms with van der Waals surface area (Å²) in [5.74, 6) is 1.67. The van der Waals surface area contributed by atoms with Gasteiger partial charge in [-0.2, -0.15) is 0 Å². The molecular formula is C18H29ClN2O2. The highest BCUT2D eigenvalue weighted by molar-refractivity contribution is 5.85. The van der Waals surface area contributed by atoms with E-state index in [0.717, 1.165) is 37.4 Å². The summed E-state index contributed by atoms with van der Waals surface area (Å²) in [6, 6.07) is 7.90. The van der Waals surface area contributed by atoms with Gasteiger partial charge in [0, 0.05) is 12.0 Å². The van der Waals surface area contributed by atoms with Crippen LogP contribution in [-0.4, -0.2) is 32.7 Å². The van der Waals surface area contributed by atoms with Crippen LogP contribution in [0.25, 0.3) is 0 Å². The Kier molecular flexibility index (Phi) is 7.86. The number of hydrogen-bond donors (Lipinski definition) is 2. The molecule has 0 bridgehead atoms. The zero-order valence-corrected chi connectivity index (χ0v) is 15.2. The molecule has 1 aromatic carbocycles. The predicted octanol–water partition coefficient (Wildman–Crippen LogP) is 2.80. The van der Waals surface area contributed by atoms with E-state index in [9.17, 15) is 4.79 Å². The number of methoxy groups -OCH3 is 1. The minimum Gasteiger partial charge on any atom is -0.496 e. The summed E-state index contributed by atoms with van der Waals surface area (Å²) in [6.07, 6.45) is 2.96. The normalized spacial score (nSPS) is 17.4. The molecular weight excluding hydrogens is 312 g/mol. The van der Waals surface area contributed by atoms with E-state index in [-0.39, 0.29) is 18.3 Å². The molecule has 1 saturated heterocycles. The van der Waals surface area contributed by atoms with Crippen LogP contribution in [0.5, 0.6) is 5.75 Å². The van der Waals surface area contributed by atoms with E-state index in [1.807, 2.05) is 38.1 Å². The monoisotopic (exact) mass is 340 g/mol. The van der Waals surface area contributed by atoms with Gasteiger partial charge in [0.25, 0.3) is 0 Å². The Hall–Kier alpha value is -1.26. The van der Waals surface area contributed by atoms with Crippen LogP contribution >= 0.6 is 12.4 Å². The lowest BCUT2D eigenvalue weighted by molar-refractivity contribution is -0.129. The second kappa shape index (κ2) is 9.14. The summed E-state index contributed by atoms with van der Waals surface area (Å²) in [4.78, 5) is 12.5. The highest BCUT2D eigenvalue weighted by Gasteiger charge is 2.29. The molecule has 4 nitrogen and oxygen atoms in total. The number of carbonyl (C=O) groups is 1. The SMILES string of the molecule is COc1ccccc1CC(C)(C)C(=O)NCCC1CCNC1.Cl. The Balaban J connectivity index is 0.00000264. The van der Waals surface area contributed by atoms with Crippen molar-refractivity contribution >= 4 is 18.3 Å². The van der Waals surface area contributed by atoms with Crippen molar-refractivity contribution in [3.8, 4) is 5.75 Å². The van der Waals surface area contributed by atoms with Crippen molar-refractivity contribution < 1.29 is 9.53 Å². The lowest BCUT2D eigenvalue weighted by Crippen LogP contribution is -2.39. The summed E-state index contributed by atoms with van der Waals surface area (Å²) in [5, 5.41) is 6.46. The number of rotatable bonds is 7. The van der Waals surface area contributed by atoms with E-state index in [1.165, 1.54) is 6.42 Å². The van der Waals surface area contributed by atoms with Gasteiger partial charge in [-0.05, 0) is 49.9 Å². The highest BCUT2D eigenvalue weighted by Crippen LogP contribution is 2.28. The van der Waals surface area contributed by atoms with Crippen LogP contribution in [-0.2, 0) is 11.2 Å². The Morgan fingerprint density at radius 2 is 2.13 bits per heavy atom. The molecule has 1 unspecified atom stereocenters. The van der Waals surface area contributed by atoms with Crippen LogP contribution in [0.4, 0.5) is 0 Å². The lowest BCUT2D eigenvalue weighted by Gasteiger charge is -2.25. The van der Waals surface area contributed by atoms with Crippen LogP contribution in [0.15, 0.2) is 24.3 Å². The van der Waals surface area contributed by atoms with Crippen LogP contribution < -0.4 is 15.4 Å². The third kappa shape index (κ3) is 5.70. The van der Waals surface area contributed by atoms with Gasteiger partial charge in [-0.15, -0.1) is 12.4 Å². The average Bonchev–Trinajstić information content (AvgIpc) is 3.00. The first-order valence-corrected chi connectivity index (χ1v) is 8.14. The largest absolute Gasteiger partial charge is 0.496 e. The lowest BCUT2D eigenvalue weighted by atomic mass is 9.84. The van der Waals surface area contributed by atoms with E-state index >= 15 is 0 Å². The first-order valence-electron chi connectivity index (χ1n) is 8.14. The molecule has 1 atom stereocenters. The third-order valence-corrected chi connectivity index (χ3v) is 4.44. The van der Waals surface area contributed by atoms with E-state index in [2.05, 4.69) is 10.6 Å². The fourth-order valence-corrected chi connectivity index (χ4v) is 3.00. The predicted molar refractivity (Wildman–Crippen MR) is 96.3 cm³/mol. The van der Waals surface area contributed by atoms with Gasteiger partial charge < -0.3 is 15.4 Å². The van der Waals surface area contributed by atoms with Crippen molar-refractivity contribution in [3.63, 3.8) is 0 Å². The molecule has 2 rings (SSSR count). The van der Waals surface area contributed by atoms with Crippen LogP contribution in [0.1, 0.15) is 32.3 Å². The number of amides is 1. The summed E-state index contributed by atoms with van der Waals surface area (Å²) in [6.45, 7) is 6.94. The summed E-state index contributed by atoms with van der Waals surface area (Å²) in [7, 11) is 1.67. The molecule has 2 N–H and O–H groups in total. The molecule has 0 saturated carbocycles. The number of nitrogens with one attached hydrogen (secondary N) is 2. The maximum Gasteiger partial charge on any atom is 0.225 e. The maximum absolute atomic E-state index is 12.5. The highest BCUT2D eigenvalue weighted by atomic mass is 35.5. The maximum atomic E-state index is 12.5. The minimum absolute atomic E-state index is 0. The first kappa shape index (κ1) is 19.8. The van der Waals surface area contributed by atoms with Gasteiger partial charge >= 0.3 is 0 Å². The van der Waals surface area contributed by atoms with Crippen LogP contribution in [0, 0.1) is 11.3 Å².